The van der Waals surface area contributed by atoms with Crippen molar-refractivity contribution in [2.75, 3.05) is 19.0 Å². The molecule has 0 aliphatic carbocycles. The quantitative estimate of drug-likeness (QED) is 0.601. The summed E-state index contributed by atoms with van der Waals surface area (Å²) in [5, 5.41) is 10.4. The smallest absolute Gasteiger partial charge is 0.256 e. The van der Waals surface area contributed by atoms with Crippen LogP contribution in [0.2, 0.25) is 0 Å². The van der Waals surface area contributed by atoms with Gasteiger partial charge in [0.25, 0.3) is 5.91 Å². The maximum atomic E-state index is 12.4. The number of hydrogen-bond acceptors (Lipinski definition) is 6. The monoisotopic (exact) mass is 367 g/mol. The SMILES string of the molecule is CCCCOc1ccc(-c2nonc2NC(=O)c2ccc(OC)cc2)cc1. The predicted molar refractivity (Wildman–Crippen MR) is 101 cm³/mol. The number of anilines is 1. The highest BCUT2D eigenvalue weighted by molar-refractivity contribution is 6.05. The van der Waals surface area contributed by atoms with Gasteiger partial charge in [-0.1, -0.05) is 13.3 Å². The Balaban J connectivity index is 1.70. The largest absolute Gasteiger partial charge is 0.497 e. The molecular formula is C20H21N3O4. The molecule has 0 spiro atoms. The Kier molecular flexibility index (Phi) is 6.04. The maximum Gasteiger partial charge on any atom is 0.256 e. The molecule has 140 valence electrons. The highest BCUT2D eigenvalue weighted by atomic mass is 16.6. The zero-order chi connectivity index (χ0) is 19.1. The number of aromatic nitrogens is 2. The van der Waals surface area contributed by atoms with E-state index in [0.29, 0.717) is 23.6 Å². The van der Waals surface area contributed by atoms with Gasteiger partial charge in [-0.2, -0.15) is 0 Å². The van der Waals surface area contributed by atoms with Gasteiger partial charge in [0.1, 0.15) is 11.5 Å². The normalized spacial score (nSPS) is 10.4. The van der Waals surface area contributed by atoms with E-state index in [1.807, 2.05) is 24.3 Å². The van der Waals surface area contributed by atoms with E-state index in [1.54, 1.807) is 31.4 Å². The second kappa shape index (κ2) is 8.84. The third-order valence-electron chi connectivity index (χ3n) is 3.97. The van der Waals surface area contributed by atoms with Gasteiger partial charge >= 0.3 is 0 Å². The third kappa shape index (κ3) is 4.63. The number of methoxy groups -OCH3 is 1. The number of rotatable bonds is 8. The summed E-state index contributed by atoms with van der Waals surface area (Å²) in [6.45, 7) is 2.80. The van der Waals surface area contributed by atoms with Crippen LogP contribution in [0.3, 0.4) is 0 Å². The van der Waals surface area contributed by atoms with Gasteiger partial charge < -0.3 is 14.8 Å². The first-order valence-corrected chi connectivity index (χ1v) is 8.72. The van der Waals surface area contributed by atoms with Crippen molar-refractivity contribution in [2.24, 2.45) is 0 Å². The Bertz CT molecular complexity index is 873. The lowest BCUT2D eigenvalue weighted by Gasteiger charge is -2.07. The van der Waals surface area contributed by atoms with E-state index >= 15 is 0 Å². The van der Waals surface area contributed by atoms with Gasteiger partial charge in [0.15, 0.2) is 5.69 Å². The minimum Gasteiger partial charge on any atom is -0.497 e. The molecule has 3 rings (SSSR count). The molecule has 1 aromatic heterocycles. The molecule has 0 saturated carbocycles. The van der Waals surface area contributed by atoms with Crippen molar-refractivity contribution < 1.29 is 18.9 Å². The molecule has 1 amide bonds. The van der Waals surface area contributed by atoms with Crippen molar-refractivity contribution in [1.29, 1.82) is 0 Å². The van der Waals surface area contributed by atoms with Crippen LogP contribution in [-0.4, -0.2) is 29.9 Å². The summed E-state index contributed by atoms with van der Waals surface area (Å²) in [4.78, 5) is 12.4. The summed E-state index contributed by atoms with van der Waals surface area (Å²) in [6, 6.07) is 14.2. The third-order valence-corrected chi connectivity index (χ3v) is 3.97. The average Bonchev–Trinajstić information content (AvgIpc) is 3.17. The van der Waals surface area contributed by atoms with Gasteiger partial charge in [0.05, 0.1) is 13.7 Å². The number of nitrogens with one attached hydrogen (secondary N) is 1. The molecule has 0 aliphatic rings. The van der Waals surface area contributed by atoms with Crippen LogP contribution in [0.25, 0.3) is 11.3 Å². The maximum absolute atomic E-state index is 12.4. The van der Waals surface area contributed by atoms with Crippen LogP contribution in [-0.2, 0) is 0 Å². The molecule has 1 N–H and O–H groups in total. The zero-order valence-electron chi connectivity index (χ0n) is 15.3. The van der Waals surface area contributed by atoms with E-state index in [2.05, 4.69) is 22.6 Å². The lowest BCUT2D eigenvalue weighted by molar-refractivity contribution is 0.102. The summed E-state index contributed by atoms with van der Waals surface area (Å²) in [5.74, 6) is 1.41. The second-order valence-electron chi connectivity index (χ2n) is 5.87. The minimum absolute atomic E-state index is 0.260. The second-order valence-corrected chi connectivity index (χ2v) is 5.87. The van der Waals surface area contributed by atoms with Crippen LogP contribution >= 0.6 is 0 Å². The fourth-order valence-electron chi connectivity index (χ4n) is 2.43. The van der Waals surface area contributed by atoms with Crippen molar-refractivity contribution in [1.82, 2.24) is 10.3 Å². The zero-order valence-corrected chi connectivity index (χ0v) is 15.3. The molecule has 0 bridgehead atoms. The van der Waals surface area contributed by atoms with Gasteiger partial charge in [0, 0.05) is 11.1 Å². The van der Waals surface area contributed by atoms with Gasteiger partial charge in [-0.25, -0.2) is 4.63 Å². The molecule has 27 heavy (non-hydrogen) atoms. The Hall–Kier alpha value is -3.35. The lowest BCUT2D eigenvalue weighted by atomic mass is 10.1. The first kappa shape index (κ1) is 18.4. The first-order chi connectivity index (χ1) is 13.2. The summed E-state index contributed by atoms with van der Waals surface area (Å²) in [5.41, 5.74) is 1.70. The Labute approximate surface area is 157 Å². The van der Waals surface area contributed by atoms with Crippen LogP contribution < -0.4 is 14.8 Å². The molecule has 0 unspecified atom stereocenters. The highest BCUT2D eigenvalue weighted by Gasteiger charge is 2.16. The molecule has 2 aromatic carbocycles. The van der Waals surface area contributed by atoms with E-state index in [-0.39, 0.29) is 11.7 Å². The number of hydrogen-bond donors (Lipinski definition) is 1. The lowest BCUT2D eigenvalue weighted by Crippen LogP contribution is -2.12. The van der Waals surface area contributed by atoms with E-state index < -0.39 is 0 Å². The number of unbranched alkanes of at least 4 members (excludes halogenated alkanes) is 1. The van der Waals surface area contributed by atoms with Crippen molar-refractivity contribution in [3.05, 3.63) is 54.1 Å². The fraction of sp³-hybridized carbons (Fsp3) is 0.250. The first-order valence-electron chi connectivity index (χ1n) is 8.72. The van der Waals surface area contributed by atoms with E-state index in [0.717, 1.165) is 24.2 Å². The van der Waals surface area contributed by atoms with Gasteiger partial charge in [-0.15, -0.1) is 0 Å². The summed E-state index contributed by atoms with van der Waals surface area (Å²) in [7, 11) is 1.57. The van der Waals surface area contributed by atoms with Crippen molar-refractivity contribution in [2.45, 2.75) is 19.8 Å². The Morgan fingerprint density at radius 3 is 2.41 bits per heavy atom. The standard InChI is InChI=1S/C20H21N3O4/c1-3-4-13-26-17-11-5-14(6-12-17)18-19(23-27-22-18)21-20(24)15-7-9-16(25-2)10-8-15/h5-12H,3-4,13H2,1-2H3,(H,21,23,24). The molecule has 7 heteroatoms. The number of carbonyl (C=O) groups is 1. The van der Waals surface area contributed by atoms with E-state index in [9.17, 15) is 4.79 Å². The van der Waals surface area contributed by atoms with Crippen LogP contribution in [0.15, 0.2) is 53.2 Å². The van der Waals surface area contributed by atoms with Gasteiger partial charge in [-0.3, -0.25) is 4.79 Å². The van der Waals surface area contributed by atoms with Crippen LogP contribution in [0.1, 0.15) is 30.1 Å². The van der Waals surface area contributed by atoms with Crippen molar-refractivity contribution >= 4 is 11.7 Å². The Morgan fingerprint density at radius 2 is 1.74 bits per heavy atom. The molecule has 0 aliphatic heterocycles. The van der Waals surface area contributed by atoms with Crippen molar-refractivity contribution in [3.63, 3.8) is 0 Å². The molecule has 0 atom stereocenters. The number of amides is 1. The molecule has 0 radical (unpaired) electrons. The predicted octanol–water partition coefficient (Wildman–Crippen LogP) is 4.18. The summed E-state index contributed by atoms with van der Waals surface area (Å²) >= 11 is 0. The highest BCUT2D eigenvalue weighted by Crippen LogP contribution is 2.27. The molecule has 3 aromatic rings. The topological polar surface area (TPSA) is 86.5 Å². The number of nitrogens with zero attached hydrogens (tertiary/aromatic N) is 2. The fourth-order valence-corrected chi connectivity index (χ4v) is 2.43. The molecular weight excluding hydrogens is 346 g/mol. The average molecular weight is 367 g/mol. The number of carbonyl (C=O) groups excluding carboxylic acids is 1. The molecule has 1 heterocycles. The Morgan fingerprint density at radius 1 is 1.04 bits per heavy atom. The molecule has 0 saturated heterocycles. The van der Waals surface area contributed by atoms with Crippen LogP contribution in [0.4, 0.5) is 5.82 Å². The summed E-state index contributed by atoms with van der Waals surface area (Å²) in [6.07, 6.45) is 2.09. The minimum atomic E-state index is -0.311. The van der Waals surface area contributed by atoms with Crippen molar-refractivity contribution in [3.8, 4) is 22.8 Å². The number of benzene rings is 2. The van der Waals surface area contributed by atoms with E-state index in [1.165, 1.54) is 0 Å². The van der Waals surface area contributed by atoms with Crippen LogP contribution in [0, 0.1) is 0 Å². The summed E-state index contributed by atoms with van der Waals surface area (Å²) < 4.78 is 15.6. The number of ether oxygens (including phenoxy) is 2. The molecule has 7 nitrogen and oxygen atoms in total. The van der Waals surface area contributed by atoms with Crippen LogP contribution in [0.5, 0.6) is 11.5 Å². The van der Waals surface area contributed by atoms with E-state index in [4.69, 9.17) is 14.1 Å². The van der Waals surface area contributed by atoms with Gasteiger partial charge in [0.2, 0.25) is 5.82 Å². The van der Waals surface area contributed by atoms with Gasteiger partial charge in [-0.05, 0) is 65.3 Å². The molecule has 0 fully saturated rings.